The van der Waals surface area contributed by atoms with Crippen LogP contribution < -0.4 is 5.32 Å². The monoisotopic (exact) mass is 289 g/mol. The van der Waals surface area contributed by atoms with Crippen molar-refractivity contribution in [2.24, 2.45) is 7.05 Å². The van der Waals surface area contributed by atoms with E-state index in [0.717, 1.165) is 23.5 Å². The van der Waals surface area contributed by atoms with E-state index in [1.54, 1.807) is 11.3 Å². The van der Waals surface area contributed by atoms with E-state index in [2.05, 4.69) is 5.32 Å². The molecule has 5 nitrogen and oxygen atoms in total. The molecular weight excluding hydrogens is 274 g/mol. The van der Waals surface area contributed by atoms with Crippen molar-refractivity contribution in [1.29, 1.82) is 0 Å². The lowest BCUT2D eigenvalue weighted by atomic mass is 10.1. The minimum atomic E-state index is 0.0549. The minimum Gasteiger partial charge on any atom is -0.347 e. The summed E-state index contributed by atoms with van der Waals surface area (Å²) in [6.45, 7) is 1.33. The Balaban J connectivity index is 1.80. The molecule has 0 bridgehead atoms. The highest BCUT2D eigenvalue weighted by molar-refractivity contribution is 7.16. The lowest BCUT2D eigenvalue weighted by Gasteiger charge is -2.27. The number of amides is 2. The molecule has 2 aromatic heterocycles. The van der Waals surface area contributed by atoms with Gasteiger partial charge in [-0.15, -0.1) is 11.3 Å². The molecule has 1 aliphatic heterocycles. The molecule has 0 radical (unpaired) electrons. The molecule has 0 aromatic carbocycles. The van der Waals surface area contributed by atoms with Gasteiger partial charge < -0.3 is 14.8 Å². The summed E-state index contributed by atoms with van der Waals surface area (Å²) in [7, 11) is 1.87. The second kappa shape index (κ2) is 5.13. The molecule has 0 saturated heterocycles. The van der Waals surface area contributed by atoms with Crippen molar-refractivity contribution in [3.05, 3.63) is 40.5 Å². The summed E-state index contributed by atoms with van der Waals surface area (Å²) in [5, 5.41) is 3.52. The van der Waals surface area contributed by atoms with Gasteiger partial charge in [0.25, 0.3) is 5.91 Å². The number of rotatable bonds is 3. The van der Waals surface area contributed by atoms with Crippen molar-refractivity contribution in [2.75, 3.05) is 11.9 Å². The molecule has 1 aliphatic rings. The highest BCUT2D eigenvalue weighted by Crippen LogP contribution is 2.31. The summed E-state index contributed by atoms with van der Waals surface area (Å²) in [6, 6.07) is 5.67. The van der Waals surface area contributed by atoms with E-state index in [-0.39, 0.29) is 5.91 Å². The minimum absolute atomic E-state index is 0.0549. The number of carbonyl (C=O) groups excluding carboxylic acids is 2. The van der Waals surface area contributed by atoms with E-state index < -0.39 is 0 Å². The van der Waals surface area contributed by atoms with E-state index in [0.29, 0.717) is 18.6 Å². The van der Waals surface area contributed by atoms with Gasteiger partial charge in [-0.25, -0.2) is 0 Å². The molecule has 3 heterocycles. The third-order valence-corrected chi connectivity index (χ3v) is 4.69. The van der Waals surface area contributed by atoms with Crippen LogP contribution in [-0.4, -0.2) is 28.3 Å². The van der Waals surface area contributed by atoms with E-state index >= 15 is 0 Å². The standard InChI is InChI=1S/C14H15N3O2S/c1-16-5-2-3-11(16)14(19)17-6-4-12-10(8-17)7-13(20-12)15-9-18/h2-3,5,7,9H,4,6,8H2,1H3,(H,15,18). The van der Waals surface area contributed by atoms with Crippen LogP contribution in [0.15, 0.2) is 24.4 Å². The number of fused-ring (bicyclic) bond motifs is 1. The Morgan fingerprint density at radius 1 is 1.50 bits per heavy atom. The van der Waals surface area contributed by atoms with Crippen LogP contribution in [0.5, 0.6) is 0 Å². The number of nitrogens with one attached hydrogen (secondary N) is 1. The van der Waals surface area contributed by atoms with Crippen LogP contribution in [0.25, 0.3) is 0 Å². The van der Waals surface area contributed by atoms with Gasteiger partial charge in [0, 0.05) is 31.2 Å². The second-order valence-corrected chi connectivity index (χ2v) is 5.94. The molecule has 2 amide bonds. The van der Waals surface area contributed by atoms with Gasteiger partial charge >= 0.3 is 0 Å². The van der Waals surface area contributed by atoms with Crippen LogP contribution >= 0.6 is 11.3 Å². The van der Waals surface area contributed by atoms with Gasteiger partial charge in [-0.1, -0.05) is 0 Å². The molecule has 20 heavy (non-hydrogen) atoms. The second-order valence-electron chi connectivity index (χ2n) is 4.80. The number of aryl methyl sites for hydroxylation is 1. The zero-order valence-electron chi connectivity index (χ0n) is 11.1. The van der Waals surface area contributed by atoms with Crippen molar-refractivity contribution < 1.29 is 9.59 Å². The lowest BCUT2D eigenvalue weighted by molar-refractivity contribution is -0.105. The van der Waals surface area contributed by atoms with Crippen molar-refractivity contribution in [3.63, 3.8) is 0 Å². The molecule has 1 N–H and O–H groups in total. The summed E-state index contributed by atoms with van der Waals surface area (Å²) >= 11 is 1.59. The summed E-state index contributed by atoms with van der Waals surface area (Å²) in [4.78, 5) is 26.1. The molecule has 0 aliphatic carbocycles. The van der Waals surface area contributed by atoms with Gasteiger partial charge in [-0.05, 0) is 30.2 Å². The molecule has 2 aromatic rings. The van der Waals surface area contributed by atoms with E-state index in [4.69, 9.17) is 0 Å². The number of aromatic nitrogens is 1. The van der Waals surface area contributed by atoms with Crippen LogP contribution in [-0.2, 0) is 24.8 Å². The third kappa shape index (κ3) is 2.22. The quantitative estimate of drug-likeness (QED) is 0.877. The Bertz CT molecular complexity index is 659. The number of hydrogen-bond acceptors (Lipinski definition) is 3. The number of hydrogen-bond donors (Lipinski definition) is 1. The average molecular weight is 289 g/mol. The molecule has 0 unspecified atom stereocenters. The third-order valence-electron chi connectivity index (χ3n) is 3.52. The molecule has 3 rings (SSSR count). The number of carbonyl (C=O) groups is 2. The fourth-order valence-corrected chi connectivity index (χ4v) is 3.50. The predicted octanol–water partition coefficient (Wildman–Crippen LogP) is 1.85. The van der Waals surface area contributed by atoms with E-state index in [1.807, 2.05) is 40.9 Å². The predicted molar refractivity (Wildman–Crippen MR) is 77.9 cm³/mol. The first kappa shape index (κ1) is 12.9. The molecule has 0 fully saturated rings. The van der Waals surface area contributed by atoms with Crippen LogP contribution in [0.4, 0.5) is 5.00 Å². The smallest absolute Gasteiger partial charge is 0.270 e. The van der Waals surface area contributed by atoms with Crippen LogP contribution in [0.3, 0.4) is 0 Å². The van der Waals surface area contributed by atoms with Gasteiger partial charge in [0.05, 0.1) is 5.00 Å². The average Bonchev–Trinajstić information content (AvgIpc) is 3.03. The first-order valence-electron chi connectivity index (χ1n) is 6.41. The number of thiophene rings is 1. The molecule has 104 valence electrons. The Hall–Kier alpha value is -2.08. The first-order chi connectivity index (χ1) is 9.69. The topological polar surface area (TPSA) is 54.3 Å². The Labute approximate surface area is 120 Å². The summed E-state index contributed by atoms with van der Waals surface area (Å²) in [6.07, 6.45) is 3.40. The Morgan fingerprint density at radius 3 is 3.05 bits per heavy atom. The fraction of sp³-hybridized carbons (Fsp3) is 0.286. The maximum atomic E-state index is 12.5. The summed E-state index contributed by atoms with van der Waals surface area (Å²) in [5.41, 5.74) is 1.84. The van der Waals surface area contributed by atoms with Crippen molar-refractivity contribution in [3.8, 4) is 0 Å². The molecule has 0 spiro atoms. The van der Waals surface area contributed by atoms with Crippen LogP contribution in [0.2, 0.25) is 0 Å². The molecule has 6 heteroatoms. The van der Waals surface area contributed by atoms with Crippen LogP contribution in [0, 0.1) is 0 Å². The van der Waals surface area contributed by atoms with E-state index in [9.17, 15) is 9.59 Å². The van der Waals surface area contributed by atoms with Crippen molar-refractivity contribution in [1.82, 2.24) is 9.47 Å². The zero-order valence-corrected chi connectivity index (χ0v) is 11.9. The highest BCUT2D eigenvalue weighted by Gasteiger charge is 2.24. The summed E-state index contributed by atoms with van der Waals surface area (Å²) < 4.78 is 1.84. The van der Waals surface area contributed by atoms with Gasteiger partial charge in [0.1, 0.15) is 5.69 Å². The fourth-order valence-electron chi connectivity index (χ4n) is 2.48. The van der Waals surface area contributed by atoms with Gasteiger partial charge in [-0.3, -0.25) is 9.59 Å². The summed E-state index contributed by atoms with van der Waals surface area (Å²) in [5.74, 6) is 0.0549. The largest absolute Gasteiger partial charge is 0.347 e. The molecule has 0 atom stereocenters. The number of nitrogens with zero attached hydrogens (tertiary/aromatic N) is 2. The number of anilines is 1. The molecule has 0 saturated carbocycles. The normalized spacial score (nSPS) is 13.9. The molecular formula is C14H15N3O2S. The lowest BCUT2D eigenvalue weighted by Crippen LogP contribution is -2.36. The zero-order chi connectivity index (χ0) is 14.1. The van der Waals surface area contributed by atoms with Crippen molar-refractivity contribution in [2.45, 2.75) is 13.0 Å². The highest BCUT2D eigenvalue weighted by atomic mass is 32.1. The SMILES string of the molecule is Cn1cccc1C(=O)N1CCc2sc(NC=O)cc2C1. The Morgan fingerprint density at radius 2 is 2.35 bits per heavy atom. The Kier molecular flexibility index (Phi) is 3.31. The van der Waals surface area contributed by atoms with Gasteiger partial charge in [0.2, 0.25) is 6.41 Å². The van der Waals surface area contributed by atoms with Gasteiger partial charge in [-0.2, -0.15) is 0 Å². The first-order valence-corrected chi connectivity index (χ1v) is 7.23. The maximum absolute atomic E-state index is 12.5. The van der Waals surface area contributed by atoms with Crippen LogP contribution in [0.1, 0.15) is 20.9 Å². The maximum Gasteiger partial charge on any atom is 0.270 e. The van der Waals surface area contributed by atoms with Gasteiger partial charge in [0.15, 0.2) is 0 Å². The van der Waals surface area contributed by atoms with E-state index in [1.165, 1.54) is 4.88 Å². The van der Waals surface area contributed by atoms with Crippen molar-refractivity contribution >= 4 is 28.7 Å².